The predicted octanol–water partition coefficient (Wildman–Crippen LogP) is 5.06. The molecular weight excluding hydrogens is 469 g/mol. The van der Waals surface area contributed by atoms with Crippen LogP contribution in [0.15, 0.2) is 24.4 Å². The maximum Gasteiger partial charge on any atom is 0.451 e. The molecule has 0 bridgehead atoms. The number of aldehydes is 1. The molecule has 7 nitrogen and oxygen atoms in total. The summed E-state index contributed by atoms with van der Waals surface area (Å²) in [6.45, 7) is 3.09. The largest absolute Gasteiger partial charge is 0.451 e. The van der Waals surface area contributed by atoms with E-state index in [2.05, 4.69) is 15.3 Å². The second kappa shape index (κ2) is 9.03. The number of rotatable bonds is 5. The zero-order valence-electron chi connectivity index (χ0n) is 18.5. The number of alkyl halides is 3. The molecule has 34 heavy (non-hydrogen) atoms. The lowest BCUT2D eigenvalue weighted by Gasteiger charge is -2.23. The van der Waals surface area contributed by atoms with Gasteiger partial charge in [-0.05, 0) is 57.7 Å². The normalized spacial score (nSPS) is 19.2. The Labute approximate surface area is 197 Å². The van der Waals surface area contributed by atoms with Crippen molar-refractivity contribution in [1.29, 1.82) is 0 Å². The number of aliphatic hydroxyl groups is 1. The van der Waals surface area contributed by atoms with E-state index in [1.54, 1.807) is 26.0 Å². The number of amides is 1. The first-order valence-electron chi connectivity index (χ1n) is 10.8. The smallest absolute Gasteiger partial charge is 0.386 e. The molecule has 4 rings (SSSR count). The van der Waals surface area contributed by atoms with Gasteiger partial charge >= 0.3 is 6.18 Å². The molecule has 0 saturated heterocycles. The number of thiazole rings is 1. The molecule has 180 valence electrons. The Bertz CT molecular complexity index is 1230. The molecule has 0 aliphatic heterocycles. The minimum atomic E-state index is -4.78. The third-order valence-electron chi connectivity index (χ3n) is 5.91. The average Bonchev–Trinajstić information content (AvgIpc) is 3.20. The van der Waals surface area contributed by atoms with Gasteiger partial charge in [0.1, 0.15) is 12.0 Å². The number of nitrogens with zero attached hydrogens (tertiary/aromatic N) is 3. The topological polar surface area (TPSA) is 105 Å². The van der Waals surface area contributed by atoms with Crippen LogP contribution in [0.25, 0.3) is 10.2 Å². The molecule has 2 heterocycles. The maximum absolute atomic E-state index is 12.9. The van der Waals surface area contributed by atoms with Crippen molar-refractivity contribution in [3.63, 3.8) is 0 Å². The number of hydrogen-bond acceptors (Lipinski definition) is 7. The molecule has 0 radical (unpaired) electrons. The minimum absolute atomic E-state index is 0.0916. The molecule has 1 amide bonds. The molecule has 1 aliphatic rings. The van der Waals surface area contributed by atoms with E-state index < -0.39 is 29.2 Å². The van der Waals surface area contributed by atoms with Crippen molar-refractivity contribution in [2.45, 2.75) is 57.2 Å². The molecule has 11 heteroatoms. The van der Waals surface area contributed by atoms with Crippen LogP contribution in [0.4, 0.5) is 18.9 Å². The van der Waals surface area contributed by atoms with E-state index in [-0.39, 0.29) is 17.5 Å². The predicted molar refractivity (Wildman–Crippen MR) is 121 cm³/mol. The van der Waals surface area contributed by atoms with Gasteiger partial charge in [-0.1, -0.05) is 0 Å². The number of fused-ring (bicyclic) bond motifs is 1. The third kappa shape index (κ3) is 5.10. The molecule has 1 aromatic carbocycles. The highest BCUT2D eigenvalue weighted by atomic mass is 32.1. The molecule has 2 aromatic heterocycles. The monoisotopic (exact) mass is 492 g/mol. The van der Waals surface area contributed by atoms with Gasteiger partial charge in [-0.2, -0.15) is 13.2 Å². The van der Waals surface area contributed by atoms with Gasteiger partial charge in [-0.3, -0.25) is 4.79 Å². The Morgan fingerprint density at radius 3 is 2.50 bits per heavy atom. The summed E-state index contributed by atoms with van der Waals surface area (Å²) in [5.41, 5.74) is -0.502. The molecule has 1 saturated carbocycles. The van der Waals surface area contributed by atoms with Crippen LogP contribution in [0.3, 0.4) is 0 Å². The van der Waals surface area contributed by atoms with Crippen molar-refractivity contribution >= 4 is 39.4 Å². The molecule has 0 unspecified atom stereocenters. The van der Waals surface area contributed by atoms with E-state index in [4.69, 9.17) is 4.98 Å². The molecule has 2 N–H and O–H groups in total. The molecular formula is C23H23F3N4O3S. The van der Waals surface area contributed by atoms with Gasteiger partial charge in [0.2, 0.25) is 5.82 Å². The summed E-state index contributed by atoms with van der Waals surface area (Å²) in [6, 6.07) is 4.45. The highest BCUT2D eigenvalue weighted by Crippen LogP contribution is 2.41. The van der Waals surface area contributed by atoms with Gasteiger partial charge in [0.25, 0.3) is 5.91 Å². The van der Waals surface area contributed by atoms with Gasteiger partial charge in [0.15, 0.2) is 0 Å². The molecule has 3 aromatic rings. The summed E-state index contributed by atoms with van der Waals surface area (Å²) in [6.07, 6.45) is 0.463. The van der Waals surface area contributed by atoms with Crippen LogP contribution in [0, 0.1) is 5.92 Å². The summed E-state index contributed by atoms with van der Waals surface area (Å²) < 4.78 is 39.6. The number of hydrogen-bond donors (Lipinski definition) is 2. The van der Waals surface area contributed by atoms with E-state index in [1.807, 2.05) is 0 Å². The van der Waals surface area contributed by atoms with Crippen molar-refractivity contribution in [1.82, 2.24) is 15.0 Å². The van der Waals surface area contributed by atoms with Gasteiger partial charge in [-0.15, -0.1) is 11.3 Å². The Morgan fingerprint density at radius 1 is 1.18 bits per heavy atom. The number of aromatic nitrogens is 3. The van der Waals surface area contributed by atoms with Gasteiger partial charge < -0.3 is 15.2 Å². The van der Waals surface area contributed by atoms with Crippen LogP contribution in [-0.4, -0.2) is 32.3 Å². The first kappa shape index (κ1) is 24.2. The summed E-state index contributed by atoms with van der Waals surface area (Å²) >= 11 is 1.47. The highest BCUT2D eigenvalue weighted by Gasteiger charge is 2.35. The summed E-state index contributed by atoms with van der Waals surface area (Å²) in [7, 11) is 0. The Hall–Kier alpha value is -2.92. The highest BCUT2D eigenvalue weighted by molar-refractivity contribution is 7.18. The van der Waals surface area contributed by atoms with E-state index in [9.17, 15) is 27.9 Å². The van der Waals surface area contributed by atoms with E-state index in [0.29, 0.717) is 11.1 Å². The Morgan fingerprint density at radius 2 is 1.88 bits per heavy atom. The fourth-order valence-corrected chi connectivity index (χ4v) is 5.24. The fourth-order valence-electron chi connectivity index (χ4n) is 4.09. The van der Waals surface area contributed by atoms with Crippen LogP contribution in [-0.2, 0) is 16.6 Å². The lowest BCUT2D eigenvalue weighted by atomic mass is 9.83. The molecule has 0 spiro atoms. The van der Waals surface area contributed by atoms with Gasteiger partial charge in [-0.25, -0.2) is 15.0 Å². The lowest BCUT2D eigenvalue weighted by Crippen LogP contribution is -2.22. The number of halogens is 3. The number of carbonyl (C=O) groups excluding carboxylic acids is 2. The van der Waals surface area contributed by atoms with Crippen LogP contribution in [0.1, 0.15) is 72.3 Å². The van der Waals surface area contributed by atoms with E-state index in [0.717, 1.165) is 53.9 Å². The fraction of sp³-hybridized carbons (Fsp3) is 0.435. The number of nitrogens with one attached hydrogen (secondary N) is 1. The van der Waals surface area contributed by atoms with E-state index in [1.165, 1.54) is 11.3 Å². The Kier molecular flexibility index (Phi) is 6.43. The minimum Gasteiger partial charge on any atom is -0.386 e. The SMILES string of the molecule is CC(C)(O)c1cc2nc([C@H]3CC[C@H](C=O)CC3)sc2cc1NC(=O)c1ccnc(C(F)(F)F)n1. The van der Waals surface area contributed by atoms with E-state index >= 15 is 0 Å². The van der Waals surface area contributed by atoms with Crippen molar-refractivity contribution in [3.05, 3.63) is 46.5 Å². The number of carbonyl (C=O) groups is 2. The zero-order valence-corrected chi connectivity index (χ0v) is 19.3. The van der Waals surface area contributed by atoms with Crippen molar-refractivity contribution in [3.8, 4) is 0 Å². The van der Waals surface area contributed by atoms with Crippen LogP contribution in [0.5, 0.6) is 0 Å². The number of anilines is 1. The lowest BCUT2D eigenvalue weighted by molar-refractivity contribution is -0.145. The van der Waals surface area contributed by atoms with Crippen LogP contribution < -0.4 is 5.32 Å². The maximum atomic E-state index is 12.9. The average molecular weight is 493 g/mol. The van der Waals surface area contributed by atoms with Gasteiger partial charge in [0, 0.05) is 29.3 Å². The third-order valence-corrected chi connectivity index (χ3v) is 7.09. The summed E-state index contributed by atoms with van der Waals surface area (Å²) in [5, 5.41) is 14.2. The van der Waals surface area contributed by atoms with Crippen molar-refractivity contribution in [2.24, 2.45) is 5.92 Å². The first-order valence-corrected chi connectivity index (χ1v) is 11.6. The molecule has 0 atom stereocenters. The second-order valence-electron chi connectivity index (χ2n) is 8.94. The number of benzene rings is 1. The van der Waals surface area contributed by atoms with Crippen LogP contribution >= 0.6 is 11.3 Å². The summed E-state index contributed by atoms with van der Waals surface area (Å²) in [5.74, 6) is -1.93. The summed E-state index contributed by atoms with van der Waals surface area (Å²) in [4.78, 5) is 35.0. The van der Waals surface area contributed by atoms with Crippen molar-refractivity contribution in [2.75, 3.05) is 5.32 Å². The Balaban J connectivity index is 1.66. The first-order chi connectivity index (χ1) is 16.0. The van der Waals surface area contributed by atoms with Crippen LogP contribution in [0.2, 0.25) is 0 Å². The standard InChI is InChI=1S/C23H23F3N4O3S/c1-22(2,33)14-9-17-18(34-20(29-17)13-5-3-12(11-31)4-6-13)10-16(14)28-19(32)15-7-8-27-21(30-15)23(24,25)26/h7-13,33H,3-6H2,1-2H3,(H,28,32)/t12-,13-. The zero-order chi connectivity index (χ0) is 24.7. The second-order valence-corrected chi connectivity index (χ2v) is 10.0. The van der Waals surface area contributed by atoms with Gasteiger partial charge in [0.05, 0.1) is 20.8 Å². The molecule has 1 aliphatic carbocycles. The van der Waals surface area contributed by atoms with Crippen molar-refractivity contribution < 1.29 is 27.9 Å². The quantitative estimate of drug-likeness (QED) is 0.483. The molecule has 1 fully saturated rings.